The van der Waals surface area contributed by atoms with Gasteiger partial charge >= 0.3 is 6.09 Å². The average molecular weight is 735 g/mol. The molecule has 51 heavy (non-hydrogen) atoms. The topological polar surface area (TPSA) is 137 Å². The van der Waals surface area contributed by atoms with Crippen molar-refractivity contribution < 1.29 is 29.3 Å². The number of methoxy groups -OCH3 is 2. The molecule has 4 aromatic rings. The molecule has 1 saturated heterocycles. The van der Waals surface area contributed by atoms with Gasteiger partial charge in [-0.3, -0.25) is 9.78 Å². The number of aromatic nitrogens is 2. The third-order valence-corrected chi connectivity index (χ3v) is 10.5. The van der Waals surface area contributed by atoms with Crippen LogP contribution in [0.1, 0.15) is 43.7 Å². The van der Waals surface area contributed by atoms with Gasteiger partial charge in [0.2, 0.25) is 11.8 Å². The molecule has 3 N–H and O–H groups in total. The Kier molecular flexibility index (Phi) is 11.0. The number of ether oxygens (including phenoxy) is 2. The second kappa shape index (κ2) is 15.4. The third kappa shape index (κ3) is 8.07. The van der Waals surface area contributed by atoms with Crippen LogP contribution in [-0.4, -0.2) is 87.5 Å². The number of benzene rings is 2. The van der Waals surface area contributed by atoms with E-state index < -0.39 is 11.7 Å². The summed E-state index contributed by atoms with van der Waals surface area (Å²) in [5.74, 6) is 0.966. The quantitative estimate of drug-likeness (QED) is 0.142. The highest BCUT2D eigenvalue weighted by molar-refractivity contribution is 6.39. The zero-order valence-corrected chi connectivity index (χ0v) is 30.3. The van der Waals surface area contributed by atoms with Crippen LogP contribution in [0.2, 0.25) is 10.0 Å². The molecular weight excluding hydrogens is 693 g/mol. The van der Waals surface area contributed by atoms with Crippen molar-refractivity contribution in [3.63, 3.8) is 0 Å². The zero-order chi connectivity index (χ0) is 36.3. The first-order chi connectivity index (χ1) is 24.5. The lowest BCUT2D eigenvalue weighted by molar-refractivity contribution is -0.130. The first-order valence-corrected chi connectivity index (χ1v) is 17.6. The Morgan fingerprint density at radius 3 is 2.35 bits per heavy atom. The van der Waals surface area contributed by atoms with Crippen molar-refractivity contribution in [2.75, 3.05) is 33.9 Å². The fourth-order valence-electron chi connectivity index (χ4n) is 6.52. The molecule has 0 radical (unpaired) electrons. The Bertz CT molecular complexity index is 1930. The largest absolute Gasteiger partial charge is 0.496 e. The number of pyridine rings is 2. The Morgan fingerprint density at radius 2 is 1.69 bits per heavy atom. The predicted octanol–water partition coefficient (Wildman–Crippen LogP) is 6.91. The van der Waals surface area contributed by atoms with E-state index in [4.69, 9.17) is 37.7 Å². The predicted molar refractivity (Wildman–Crippen MR) is 196 cm³/mol. The van der Waals surface area contributed by atoms with Crippen molar-refractivity contribution in [2.24, 2.45) is 0 Å². The molecule has 0 atom stereocenters. The first kappa shape index (κ1) is 36.4. The van der Waals surface area contributed by atoms with Gasteiger partial charge in [0.1, 0.15) is 5.75 Å². The van der Waals surface area contributed by atoms with Crippen LogP contribution in [0.4, 0.5) is 4.79 Å². The summed E-state index contributed by atoms with van der Waals surface area (Å²) in [7, 11) is 3.12. The van der Waals surface area contributed by atoms with E-state index in [9.17, 15) is 19.8 Å². The minimum Gasteiger partial charge on any atom is -0.496 e. The fourth-order valence-corrected chi connectivity index (χ4v) is 7.17. The van der Waals surface area contributed by atoms with E-state index in [0.29, 0.717) is 94.3 Å². The van der Waals surface area contributed by atoms with Crippen molar-refractivity contribution in [3.05, 3.63) is 82.0 Å². The van der Waals surface area contributed by atoms with Gasteiger partial charge in [0.15, 0.2) is 0 Å². The van der Waals surface area contributed by atoms with Crippen molar-refractivity contribution in [1.29, 1.82) is 0 Å². The van der Waals surface area contributed by atoms with Crippen LogP contribution >= 0.6 is 23.2 Å². The van der Waals surface area contributed by atoms with E-state index in [-0.39, 0.29) is 18.5 Å². The van der Waals surface area contributed by atoms with Crippen molar-refractivity contribution in [1.82, 2.24) is 25.1 Å². The lowest BCUT2D eigenvalue weighted by Gasteiger charge is -2.37. The normalized spacial score (nSPS) is 15.4. The number of hydrogen-bond acceptors (Lipinski definition) is 8. The van der Waals surface area contributed by atoms with Gasteiger partial charge in [-0.1, -0.05) is 53.5 Å². The number of nitrogens with one attached hydrogen (secondary N) is 1. The monoisotopic (exact) mass is 733 g/mol. The molecule has 268 valence electrons. The van der Waals surface area contributed by atoms with Crippen LogP contribution in [-0.2, 0) is 17.9 Å². The smallest absolute Gasteiger partial charge is 0.407 e. The molecule has 13 heteroatoms. The van der Waals surface area contributed by atoms with Gasteiger partial charge in [-0.05, 0) is 49.9 Å². The molecule has 1 saturated carbocycles. The molecule has 11 nitrogen and oxygen atoms in total. The molecule has 1 aliphatic carbocycles. The SMILES string of the molecule is COc1cc(-c2nccc(-c3cccc(-c4ccc(CN(C(=O)O)C5CCN(C(C)=O)CC5)c(OC)n4)c3Cl)c2Cl)ccc1CNCC1(O)CC1. The Hall–Kier alpha value is -4.42. The highest BCUT2D eigenvalue weighted by Crippen LogP contribution is 2.42. The molecule has 1 aliphatic heterocycles. The molecule has 0 bridgehead atoms. The second-order valence-corrected chi connectivity index (χ2v) is 13.8. The van der Waals surface area contributed by atoms with E-state index in [2.05, 4.69) is 10.3 Å². The Balaban J connectivity index is 1.24. The van der Waals surface area contributed by atoms with Crippen LogP contribution in [0, 0.1) is 0 Å². The summed E-state index contributed by atoms with van der Waals surface area (Å²) in [5.41, 5.74) is 4.90. The maximum absolute atomic E-state index is 12.3. The Morgan fingerprint density at radius 1 is 0.980 bits per heavy atom. The van der Waals surface area contributed by atoms with Crippen LogP contribution < -0.4 is 14.8 Å². The van der Waals surface area contributed by atoms with Crippen molar-refractivity contribution in [2.45, 2.75) is 57.3 Å². The van der Waals surface area contributed by atoms with Gasteiger partial charge in [-0.15, -0.1) is 0 Å². The van der Waals surface area contributed by atoms with E-state index >= 15 is 0 Å². The van der Waals surface area contributed by atoms with Gasteiger partial charge in [0.25, 0.3) is 0 Å². The number of nitrogens with zero attached hydrogens (tertiary/aromatic N) is 4. The molecule has 2 amide bonds. The highest BCUT2D eigenvalue weighted by Gasteiger charge is 2.39. The maximum Gasteiger partial charge on any atom is 0.407 e. The summed E-state index contributed by atoms with van der Waals surface area (Å²) in [6.45, 7) is 3.73. The standard InChI is InChI=1S/C38H41Cl2N5O6/c1-23(46)44-17-12-27(13-18-44)45(37(47)48)21-26-9-10-31(43-36(26)51-3)30-6-4-5-28(33(30)39)29-11-16-42-35(34(29)40)24-7-8-25(32(19-24)50-2)20-41-22-38(49)14-15-38/h4-11,16,19,27,41,49H,12-15,17-18,20-22H2,1-3H3,(H,47,48). The number of likely N-dealkylation sites (tertiary alicyclic amines) is 1. The minimum absolute atomic E-state index is 0.00727. The van der Waals surface area contributed by atoms with Gasteiger partial charge < -0.3 is 34.8 Å². The molecular formula is C38H41Cl2N5O6. The van der Waals surface area contributed by atoms with E-state index in [1.807, 2.05) is 48.5 Å². The van der Waals surface area contributed by atoms with Crippen LogP contribution in [0.25, 0.3) is 33.6 Å². The van der Waals surface area contributed by atoms with Crippen LogP contribution in [0.5, 0.6) is 11.6 Å². The molecule has 6 rings (SSSR count). The van der Waals surface area contributed by atoms with E-state index in [1.54, 1.807) is 24.3 Å². The van der Waals surface area contributed by atoms with Gasteiger partial charge in [-0.25, -0.2) is 9.78 Å². The van der Waals surface area contributed by atoms with E-state index in [1.165, 1.54) is 18.9 Å². The first-order valence-electron chi connectivity index (χ1n) is 16.8. The molecule has 0 spiro atoms. The fraction of sp³-hybridized carbons (Fsp3) is 0.368. The molecule has 3 heterocycles. The molecule has 0 unspecified atom stereocenters. The Labute approximate surface area is 307 Å². The summed E-state index contributed by atoms with van der Waals surface area (Å²) >= 11 is 14.1. The maximum atomic E-state index is 12.3. The number of carbonyl (C=O) groups is 2. The van der Waals surface area contributed by atoms with Crippen molar-refractivity contribution in [3.8, 4) is 45.3 Å². The lowest BCUT2D eigenvalue weighted by Crippen LogP contribution is -2.47. The summed E-state index contributed by atoms with van der Waals surface area (Å²) < 4.78 is 11.3. The van der Waals surface area contributed by atoms with Crippen molar-refractivity contribution >= 4 is 35.2 Å². The number of amides is 2. The summed E-state index contributed by atoms with van der Waals surface area (Å²) in [6, 6.07) is 16.6. The van der Waals surface area contributed by atoms with E-state index in [0.717, 1.165) is 24.0 Å². The molecule has 2 aromatic heterocycles. The second-order valence-electron chi connectivity index (χ2n) is 13.1. The number of carbonyl (C=O) groups excluding carboxylic acids is 1. The van der Waals surface area contributed by atoms with Gasteiger partial charge in [-0.2, -0.15) is 0 Å². The number of rotatable bonds is 12. The summed E-state index contributed by atoms with van der Waals surface area (Å²) in [6.07, 6.45) is 3.40. The van der Waals surface area contributed by atoms with Gasteiger partial charge in [0, 0.05) is 78.7 Å². The molecule has 2 aliphatic rings. The number of hydrogen-bond donors (Lipinski definition) is 3. The zero-order valence-electron chi connectivity index (χ0n) is 28.8. The number of halogens is 2. The number of aliphatic hydroxyl groups is 1. The highest BCUT2D eigenvalue weighted by atomic mass is 35.5. The molecule has 2 aromatic carbocycles. The van der Waals surface area contributed by atoms with Crippen LogP contribution in [0.3, 0.4) is 0 Å². The summed E-state index contributed by atoms with van der Waals surface area (Å²) in [5, 5.41) is 24.4. The molecule has 2 fully saturated rings. The number of carboxylic acid groups (broad SMARTS) is 1. The minimum atomic E-state index is -1.04. The van der Waals surface area contributed by atoms with Crippen LogP contribution in [0.15, 0.2) is 60.8 Å². The lowest BCUT2D eigenvalue weighted by atomic mass is 9.99. The summed E-state index contributed by atoms with van der Waals surface area (Å²) in [4.78, 5) is 36.6. The average Bonchev–Trinajstić information content (AvgIpc) is 3.87. The number of piperidine rings is 1. The van der Waals surface area contributed by atoms with Gasteiger partial charge in [0.05, 0.1) is 47.8 Å². The third-order valence-electron chi connectivity index (χ3n) is 9.68.